The predicted molar refractivity (Wildman–Crippen MR) is 80.1 cm³/mol. The monoisotopic (exact) mass is 282 g/mol. The van der Waals surface area contributed by atoms with Crippen LogP contribution >= 0.6 is 11.6 Å². The molecule has 1 rings (SSSR count). The molecular formula is C16H23ClO2. The molecule has 1 aromatic carbocycles. The van der Waals surface area contributed by atoms with Crippen molar-refractivity contribution in [1.29, 1.82) is 0 Å². The second kappa shape index (κ2) is 8.98. The van der Waals surface area contributed by atoms with Gasteiger partial charge in [-0.25, -0.2) is 0 Å². The molecule has 1 aromatic rings. The van der Waals surface area contributed by atoms with Crippen molar-refractivity contribution in [2.24, 2.45) is 5.92 Å². The van der Waals surface area contributed by atoms with Gasteiger partial charge < -0.3 is 9.53 Å². The highest BCUT2D eigenvalue weighted by Gasteiger charge is 2.02. The van der Waals surface area contributed by atoms with Crippen molar-refractivity contribution in [2.45, 2.75) is 39.5 Å². The van der Waals surface area contributed by atoms with E-state index in [-0.39, 0.29) is 5.78 Å². The van der Waals surface area contributed by atoms with E-state index in [9.17, 15) is 4.79 Å². The molecule has 0 bridgehead atoms. The number of rotatable bonds is 9. The van der Waals surface area contributed by atoms with Crippen LogP contribution < -0.4 is 4.74 Å². The average molecular weight is 283 g/mol. The quantitative estimate of drug-likeness (QED) is 0.633. The Morgan fingerprint density at radius 2 is 1.95 bits per heavy atom. The lowest BCUT2D eigenvalue weighted by atomic mass is 10.1. The van der Waals surface area contributed by atoms with Gasteiger partial charge in [0.1, 0.15) is 11.5 Å². The molecule has 0 aliphatic rings. The van der Waals surface area contributed by atoms with Gasteiger partial charge in [-0.15, -0.1) is 11.6 Å². The fraction of sp³-hybridized carbons (Fsp3) is 0.562. The topological polar surface area (TPSA) is 26.3 Å². The third kappa shape index (κ3) is 7.22. The van der Waals surface area contributed by atoms with Gasteiger partial charge in [-0.2, -0.15) is 0 Å². The number of benzene rings is 1. The van der Waals surface area contributed by atoms with Crippen LogP contribution in [-0.2, 0) is 11.2 Å². The first kappa shape index (κ1) is 16.0. The van der Waals surface area contributed by atoms with E-state index in [1.807, 2.05) is 24.3 Å². The fourth-order valence-corrected chi connectivity index (χ4v) is 2.15. The van der Waals surface area contributed by atoms with Crippen LogP contribution in [0, 0.1) is 5.92 Å². The minimum Gasteiger partial charge on any atom is -0.494 e. The van der Waals surface area contributed by atoms with Crippen LogP contribution in [0.5, 0.6) is 5.75 Å². The highest BCUT2D eigenvalue weighted by Crippen LogP contribution is 2.15. The maximum absolute atomic E-state index is 10.9. The molecule has 0 amide bonds. The molecule has 0 saturated heterocycles. The lowest BCUT2D eigenvalue weighted by molar-refractivity contribution is -0.116. The summed E-state index contributed by atoms with van der Waals surface area (Å²) in [6.07, 6.45) is 3.48. The Morgan fingerprint density at radius 1 is 1.26 bits per heavy atom. The maximum atomic E-state index is 10.9. The number of ketones is 1. The highest BCUT2D eigenvalue weighted by molar-refractivity contribution is 6.17. The Kier molecular flexibility index (Phi) is 7.57. The van der Waals surface area contributed by atoms with Crippen LogP contribution in [0.3, 0.4) is 0 Å². The van der Waals surface area contributed by atoms with Gasteiger partial charge in [-0.3, -0.25) is 0 Å². The van der Waals surface area contributed by atoms with Gasteiger partial charge in [0.05, 0.1) is 6.61 Å². The maximum Gasteiger partial charge on any atom is 0.130 e. The van der Waals surface area contributed by atoms with Crippen molar-refractivity contribution < 1.29 is 9.53 Å². The average Bonchev–Trinajstić information content (AvgIpc) is 2.38. The Morgan fingerprint density at radius 3 is 2.53 bits per heavy atom. The van der Waals surface area contributed by atoms with Crippen molar-refractivity contribution in [1.82, 2.24) is 0 Å². The number of aryl methyl sites for hydroxylation is 1. The van der Waals surface area contributed by atoms with Gasteiger partial charge in [0.2, 0.25) is 0 Å². The normalized spacial score (nSPS) is 12.2. The first-order chi connectivity index (χ1) is 9.11. The lowest BCUT2D eigenvalue weighted by Crippen LogP contribution is -2.04. The molecule has 0 aromatic heterocycles. The van der Waals surface area contributed by atoms with Gasteiger partial charge in [0.15, 0.2) is 0 Å². The number of carbonyl (C=O) groups is 1. The lowest BCUT2D eigenvalue weighted by Gasteiger charge is -2.11. The molecule has 0 aliphatic carbocycles. The zero-order valence-corrected chi connectivity index (χ0v) is 12.6. The number of carbonyl (C=O) groups excluding carboxylic acids is 1. The van der Waals surface area contributed by atoms with Crippen LogP contribution in [0.25, 0.3) is 0 Å². The van der Waals surface area contributed by atoms with Gasteiger partial charge in [0, 0.05) is 12.3 Å². The molecule has 0 fully saturated rings. The second-order valence-electron chi connectivity index (χ2n) is 5.07. The third-order valence-electron chi connectivity index (χ3n) is 3.17. The third-order valence-corrected chi connectivity index (χ3v) is 3.39. The van der Waals surface area contributed by atoms with E-state index in [0.717, 1.165) is 31.6 Å². The van der Waals surface area contributed by atoms with E-state index in [0.29, 0.717) is 18.2 Å². The predicted octanol–water partition coefficient (Wildman–Crippen LogP) is 4.24. The molecule has 0 N–H and O–H groups in total. The van der Waals surface area contributed by atoms with Crippen LogP contribution in [0.2, 0.25) is 0 Å². The number of Topliss-reactive ketones (excluding diaryl/α,β-unsaturated/α-hetero) is 1. The molecule has 0 saturated carbocycles. The summed E-state index contributed by atoms with van der Waals surface area (Å²) in [5, 5.41) is 0. The van der Waals surface area contributed by atoms with Crippen molar-refractivity contribution >= 4 is 17.4 Å². The second-order valence-corrected chi connectivity index (χ2v) is 5.44. The number of halogens is 1. The van der Waals surface area contributed by atoms with E-state index in [4.69, 9.17) is 16.3 Å². The Bertz CT molecular complexity index is 373. The van der Waals surface area contributed by atoms with Crippen LogP contribution in [0.1, 0.15) is 38.7 Å². The van der Waals surface area contributed by atoms with Gasteiger partial charge >= 0.3 is 0 Å². The Hall–Kier alpha value is -1.02. The van der Waals surface area contributed by atoms with E-state index < -0.39 is 0 Å². The summed E-state index contributed by atoms with van der Waals surface area (Å²) in [5.74, 6) is 2.44. The molecule has 0 heterocycles. The summed E-state index contributed by atoms with van der Waals surface area (Å²) in [5.41, 5.74) is 1.18. The van der Waals surface area contributed by atoms with Crippen LogP contribution in [-0.4, -0.2) is 18.3 Å². The molecule has 3 heteroatoms. The molecule has 106 valence electrons. The summed E-state index contributed by atoms with van der Waals surface area (Å²) in [7, 11) is 0. The number of hydrogen-bond acceptors (Lipinski definition) is 2. The zero-order valence-electron chi connectivity index (χ0n) is 11.8. The summed E-state index contributed by atoms with van der Waals surface area (Å²) >= 11 is 5.70. The highest BCUT2D eigenvalue weighted by atomic mass is 35.5. The molecule has 1 atom stereocenters. The molecule has 0 aliphatic heterocycles. The molecule has 0 spiro atoms. The standard InChI is InChI=1S/C16H23ClO2/c1-13(9-11-17)10-12-19-16-7-5-15(6-8-16)4-3-14(2)18/h5-8,13H,3-4,9-12H2,1-2H3. The first-order valence-corrected chi connectivity index (χ1v) is 7.42. The SMILES string of the molecule is CC(=O)CCc1ccc(OCCC(C)CCCl)cc1. The van der Waals surface area contributed by atoms with Crippen LogP contribution in [0.4, 0.5) is 0 Å². The van der Waals surface area contributed by atoms with Crippen molar-refractivity contribution in [3.05, 3.63) is 29.8 Å². The van der Waals surface area contributed by atoms with E-state index in [2.05, 4.69) is 6.92 Å². The zero-order chi connectivity index (χ0) is 14.1. The fourth-order valence-electron chi connectivity index (χ4n) is 1.78. The summed E-state index contributed by atoms with van der Waals surface area (Å²) < 4.78 is 5.69. The van der Waals surface area contributed by atoms with E-state index in [1.54, 1.807) is 6.92 Å². The number of hydrogen-bond donors (Lipinski definition) is 0. The molecular weight excluding hydrogens is 260 g/mol. The minimum absolute atomic E-state index is 0.230. The molecule has 1 unspecified atom stereocenters. The van der Waals surface area contributed by atoms with Crippen molar-refractivity contribution in [3.8, 4) is 5.75 Å². The van der Waals surface area contributed by atoms with E-state index >= 15 is 0 Å². The number of ether oxygens (including phenoxy) is 1. The molecule has 19 heavy (non-hydrogen) atoms. The number of alkyl halides is 1. The Labute approximate surface area is 121 Å². The summed E-state index contributed by atoms with van der Waals surface area (Å²) in [6.45, 7) is 4.54. The van der Waals surface area contributed by atoms with Gasteiger partial charge in [-0.05, 0) is 49.8 Å². The molecule has 0 radical (unpaired) electrons. The van der Waals surface area contributed by atoms with Gasteiger partial charge in [0.25, 0.3) is 0 Å². The largest absolute Gasteiger partial charge is 0.494 e. The van der Waals surface area contributed by atoms with Gasteiger partial charge in [-0.1, -0.05) is 19.1 Å². The van der Waals surface area contributed by atoms with E-state index in [1.165, 1.54) is 5.56 Å². The van der Waals surface area contributed by atoms with Crippen molar-refractivity contribution in [3.63, 3.8) is 0 Å². The van der Waals surface area contributed by atoms with Crippen molar-refractivity contribution in [2.75, 3.05) is 12.5 Å². The summed E-state index contributed by atoms with van der Waals surface area (Å²) in [6, 6.07) is 8.00. The summed E-state index contributed by atoms with van der Waals surface area (Å²) in [4.78, 5) is 10.9. The first-order valence-electron chi connectivity index (χ1n) is 6.89. The van der Waals surface area contributed by atoms with Crippen LogP contribution in [0.15, 0.2) is 24.3 Å². The Balaban J connectivity index is 2.29. The smallest absolute Gasteiger partial charge is 0.130 e. The minimum atomic E-state index is 0.230. The molecule has 2 nitrogen and oxygen atoms in total.